The van der Waals surface area contributed by atoms with E-state index in [9.17, 15) is 9.59 Å². The Labute approximate surface area is 134 Å². The largest absolute Gasteiger partial charge is 0.343 e. The summed E-state index contributed by atoms with van der Waals surface area (Å²) in [5.41, 5.74) is 0.702. The molecule has 116 valence electrons. The zero-order valence-corrected chi connectivity index (χ0v) is 14.4. The number of aryl methyl sites for hydroxylation is 1. The number of hydrogen-bond acceptors (Lipinski definition) is 2. The van der Waals surface area contributed by atoms with Crippen LogP contribution in [0.15, 0.2) is 16.7 Å². The van der Waals surface area contributed by atoms with Crippen molar-refractivity contribution < 1.29 is 9.59 Å². The highest BCUT2D eigenvalue weighted by Crippen LogP contribution is 2.18. The Morgan fingerprint density at radius 3 is 2.29 bits per heavy atom. The number of rotatable bonds is 3. The van der Waals surface area contributed by atoms with E-state index in [1.165, 1.54) is 0 Å². The molecule has 0 bridgehead atoms. The van der Waals surface area contributed by atoms with E-state index in [2.05, 4.69) is 15.9 Å². The van der Waals surface area contributed by atoms with Crippen LogP contribution >= 0.6 is 15.9 Å². The van der Waals surface area contributed by atoms with Gasteiger partial charge in [-0.1, -0.05) is 13.8 Å². The van der Waals surface area contributed by atoms with Crippen molar-refractivity contribution in [3.63, 3.8) is 0 Å². The number of halogens is 1. The molecular formula is C15H22BrN3O2. The molecule has 1 fully saturated rings. The molecule has 1 saturated heterocycles. The zero-order valence-electron chi connectivity index (χ0n) is 12.8. The smallest absolute Gasteiger partial charge is 0.270 e. The van der Waals surface area contributed by atoms with E-state index < -0.39 is 0 Å². The minimum Gasteiger partial charge on any atom is -0.343 e. The standard InChI is InChI=1S/C15H22BrN3O2/c1-4-17-10-12(16)9-13(17)15(21)19-7-5-18(6-8-19)14(20)11(2)3/h9-11H,4-8H2,1-3H3. The maximum atomic E-state index is 12.6. The molecule has 5 nitrogen and oxygen atoms in total. The summed E-state index contributed by atoms with van der Waals surface area (Å²) in [5, 5.41) is 0. The molecular weight excluding hydrogens is 334 g/mol. The quantitative estimate of drug-likeness (QED) is 0.834. The third-order valence-electron chi connectivity index (χ3n) is 3.80. The van der Waals surface area contributed by atoms with Crippen molar-refractivity contribution in [2.75, 3.05) is 26.2 Å². The molecule has 1 aliphatic heterocycles. The van der Waals surface area contributed by atoms with E-state index in [0.717, 1.165) is 11.0 Å². The van der Waals surface area contributed by atoms with Gasteiger partial charge in [-0.3, -0.25) is 9.59 Å². The van der Waals surface area contributed by atoms with Crippen molar-refractivity contribution in [1.29, 1.82) is 0 Å². The third kappa shape index (κ3) is 3.48. The molecule has 0 unspecified atom stereocenters. The zero-order chi connectivity index (χ0) is 15.6. The van der Waals surface area contributed by atoms with Crippen LogP contribution in [0, 0.1) is 5.92 Å². The minimum absolute atomic E-state index is 0.0144. The van der Waals surface area contributed by atoms with Gasteiger partial charge in [0.05, 0.1) is 0 Å². The molecule has 21 heavy (non-hydrogen) atoms. The van der Waals surface area contributed by atoms with Crippen molar-refractivity contribution in [2.45, 2.75) is 27.3 Å². The first-order chi connectivity index (χ1) is 9.93. The van der Waals surface area contributed by atoms with Crippen molar-refractivity contribution >= 4 is 27.7 Å². The van der Waals surface area contributed by atoms with Crippen LogP contribution in [-0.4, -0.2) is 52.4 Å². The van der Waals surface area contributed by atoms with Crippen molar-refractivity contribution in [2.24, 2.45) is 5.92 Å². The van der Waals surface area contributed by atoms with E-state index >= 15 is 0 Å². The molecule has 0 spiro atoms. The van der Waals surface area contributed by atoms with Crippen LogP contribution in [-0.2, 0) is 11.3 Å². The fourth-order valence-electron chi connectivity index (χ4n) is 2.57. The first-order valence-corrected chi connectivity index (χ1v) is 8.17. The Morgan fingerprint density at radius 2 is 1.76 bits per heavy atom. The highest BCUT2D eigenvalue weighted by atomic mass is 79.9. The van der Waals surface area contributed by atoms with Crippen LogP contribution in [0.3, 0.4) is 0 Å². The lowest BCUT2D eigenvalue weighted by atomic mass is 10.1. The van der Waals surface area contributed by atoms with Gasteiger partial charge in [0.1, 0.15) is 5.69 Å². The first kappa shape index (κ1) is 16.1. The van der Waals surface area contributed by atoms with Gasteiger partial charge in [0.15, 0.2) is 0 Å². The Bertz CT molecular complexity index is 531. The molecule has 2 amide bonds. The maximum Gasteiger partial charge on any atom is 0.270 e. The number of carbonyl (C=O) groups excluding carboxylic acids is 2. The Hall–Kier alpha value is -1.30. The van der Waals surface area contributed by atoms with Gasteiger partial charge in [-0.15, -0.1) is 0 Å². The summed E-state index contributed by atoms with van der Waals surface area (Å²) in [7, 11) is 0. The molecule has 0 N–H and O–H groups in total. The minimum atomic E-state index is 0.0144. The lowest BCUT2D eigenvalue weighted by molar-refractivity contribution is -0.135. The average molecular weight is 356 g/mol. The number of amides is 2. The number of piperazine rings is 1. The predicted octanol–water partition coefficient (Wildman–Crippen LogP) is 2.21. The van der Waals surface area contributed by atoms with E-state index in [1.807, 2.05) is 47.4 Å². The van der Waals surface area contributed by atoms with E-state index in [1.54, 1.807) is 0 Å². The molecule has 0 atom stereocenters. The average Bonchev–Trinajstić information content (AvgIpc) is 2.86. The van der Waals surface area contributed by atoms with Crippen molar-refractivity contribution in [3.8, 4) is 0 Å². The highest BCUT2D eigenvalue weighted by Gasteiger charge is 2.27. The summed E-state index contributed by atoms with van der Waals surface area (Å²) < 4.78 is 2.86. The van der Waals surface area contributed by atoms with Crippen LogP contribution in [0.1, 0.15) is 31.3 Å². The van der Waals surface area contributed by atoms with Crippen LogP contribution in [0.25, 0.3) is 0 Å². The number of nitrogens with zero attached hydrogens (tertiary/aromatic N) is 3. The van der Waals surface area contributed by atoms with E-state index in [0.29, 0.717) is 31.9 Å². The molecule has 0 saturated carbocycles. The molecule has 2 heterocycles. The van der Waals surface area contributed by atoms with Crippen LogP contribution < -0.4 is 0 Å². The summed E-state index contributed by atoms with van der Waals surface area (Å²) in [4.78, 5) is 28.2. The van der Waals surface area contributed by atoms with Crippen LogP contribution in [0.2, 0.25) is 0 Å². The van der Waals surface area contributed by atoms with Gasteiger partial charge >= 0.3 is 0 Å². The van der Waals surface area contributed by atoms with Crippen molar-refractivity contribution in [3.05, 3.63) is 22.4 Å². The molecule has 0 radical (unpaired) electrons. The van der Waals surface area contributed by atoms with Gasteiger partial charge < -0.3 is 14.4 Å². The fraction of sp³-hybridized carbons (Fsp3) is 0.600. The van der Waals surface area contributed by atoms with E-state index in [4.69, 9.17) is 0 Å². The lowest BCUT2D eigenvalue weighted by Crippen LogP contribution is -2.51. The van der Waals surface area contributed by atoms with Crippen molar-refractivity contribution in [1.82, 2.24) is 14.4 Å². The molecule has 0 aliphatic carbocycles. The maximum absolute atomic E-state index is 12.6. The number of aromatic nitrogens is 1. The Morgan fingerprint density at radius 1 is 1.19 bits per heavy atom. The second-order valence-electron chi connectivity index (χ2n) is 5.60. The van der Waals surface area contributed by atoms with Gasteiger partial charge in [-0.25, -0.2) is 0 Å². The van der Waals surface area contributed by atoms with E-state index in [-0.39, 0.29) is 17.7 Å². The molecule has 1 aromatic rings. The highest BCUT2D eigenvalue weighted by molar-refractivity contribution is 9.10. The van der Waals surface area contributed by atoms with Gasteiger partial charge in [0.25, 0.3) is 5.91 Å². The summed E-state index contributed by atoms with van der Waals surface area (Å²) >= 11 is 3.42. The number of carbonyl (C=O) groups is 2. The first-order valence-electron chi connectivity index (χ1n) is 7.37. The van der Waals surface area contributed by atoms with Gasteiger partial charge in [0.2, 0.25) is 5.91 Å². The molecule has 0 aromatic carbocycles. The summed E-state index contributed by atoms with van der Waals surface area (Å²) in [6.45, 7) is 9.04. The monoisotopic (exact) mass is 355 g/mol. The number of hydrogen-bond donors (Lipinski definition) is 0. The second-order valence-corrected chi connectivity index (χ2v) is 6.52. The summed E-state index contributed by atoms with van der Waals surface area (Å²) in [6.07, 6.45) is 1.92. The van der Waals surface area contributed by atoms with Gasteiger partial charge in [-0.05, 0) is 28.9 Å². The molecule has 1 aliphatic rings. The Kier molecular flexibility index (Phi) is 5.08. The molecule has 2 rings (SSSR count). The fourth-order valence-corrected chi connectivity index (χ4v) is 3.04. The second kappa shape index (κ2) is 6.64. The normalized spacial score (nSPS) is 15.7. The molecule has 1 aromatic heterocycles. The summed E-state index contributed by atoms with van der Waals surface area (Å²) in [6, 6.07) is 1.86. The SMILES string of the molecule is CCn1cc(Br)cc1C(=O)N1CCN(C(=O)C(C)C)CC1. The lowest BCUT2D eigenvalue weighted by Gasteiger charge is -2.35. The topological polar surface area (TPSA) is 45.6 Å². The van der Waals surface area contributed by atoms with Crippen LogP contribution in [0.4, 0.5) is 0 Å². The van der Waals surface area contributed by atoms with Crippen LogP contribution in [0.5, 0.6) is 0 Å². The third-order valence-corrected chi connectivity index (χ3v) is 4.23. The van der Waals surface area contributed by atoms with Gasteiger partial charge in [-0.2, -0.15) is 0 Å². The molecule has 6 heteroatoms. The predicted molar refractivity (Wildman–Crippen MR) is 85.1 cm³/mol. The Balaban J connectivity index is 2.02. The van der Waals surface area contributed by atoms with Gasteiger partial charge in [0, 0.05) is 49.3 Å². The summed E-state index contributed by atoms with van der Waals surface area (Å²) in [5.74, 6) is 0.224.